The van der Waals surface area contributed by atoms with Gasteiger partial charge in [0.25, 0.3) is 0 Å². The maximum absolute atomic E-state index is 2.44. The smallest absolute Gasteiger partial charge is 0.0485 e. The molecule has 0 unspecified atom stereocenters. The molecule has 9 aromatic carbocycles. The molecule has 2 nitrogen and oxygen atoms in total. The molecule has 2 aromatic heterocycles. The van der Waals surface area contributed by atoms with E-state index >= 15 is 0 Å². The second-order valence-corrected chi connectivity index (χ2v) is 18.0. The molecule has 0 amide bonds. The number of anilines is 6. The summed E-state index contributed by atoms with van der Waals surface area (Å²) in [5, 5.41) is 7.70. The summed E-state index contributed by atoms with van der Waals surface area (Å²) in [6, 6.07) is 75.9. The SMILES string of the molecule is CC(C)(c1cc(N(c2ccccc2)c2ccc3c(c2)sc2ccccc23)cc(N(c2ccccc2)c2ccc3c(c2)sc2ccccc23)c1)c1ccc2ccccc2c1. The molecule has 59 heavy (non-hydrogen) atoms. The van der Waals surface area contributed by atoms with E-state index in [0.29, 0.717) is 0 Å². The van der Waals surface area contributed by atoms with Gasteiger partial charge in [0.1, 0.15) is 0 Å². The number of benzene rings is 9. The first-order valence-electron chi connectivity index (χ1n) is 20.2. The second kappa shape index (κ2) is 14.3. The largest absolute Gasteiger partial charge is 0.310 e. The van der Waals surface area contributed by atoms with Gasteiger partial charge >= 0.3 is 0 Å². The summed E-state index contributed by atoms with van der Waals surface area (Å²) >= 11 is 3.72. The molecule has 0 atom stereocenters. The molecular formula is C55H40N2S2. The van der Waals surface area contributed by atoms with E-state index in [4.69, 9.17) is 0 Å². The Bertz CT molecular complexity index is 3150. The molecule has 2 heterocycles. The third-order valence-corrected chi connectivity index (χ3v) is 14.1. The van der Waals surface area contributed by atoms with E-state index in [1.165, 1.54) is 62.2 Å². The highest BCUT2D eigenvalue weighted by atomic mass is 32.1. The van der Waals surface area contributed by atoms with Crippen LogP contribution < -0.4 is 9.80 Å². The highest BCUT2D eigenvalue weighted by Crippen LogP contribution is 2.47. The van der Waals surface area contributed by atoms with Crippen LogP contribution in [0, 0.1) is 0 Å². The van der Waals surface area contributed by atoms with E-state index in [1.54, 1.807) is 0 Å². The van der Waals surface area contributed by atoms with Gasteiger partial charge in [-0.25, -0.2) is 0 Å². The van der Waals surface area contributed by atoms with E-state index in [1.807, 2.05) is 22.7 Å². The van der Waals surface area contributed by atoms with E-state index < -0.39 is 0 Å². The summed E-state index contributed by atoms with van der Waals surface area (Å²) in [5.41, 5.74) is 8.83. The first kappa shape index (κ1) is 35.4. The molecule has 0 saturated heterocycles. The normalized spacial score (nSPS) is 11.9. The molecular weight excluding hydrogens is 753 g/mol. The molecule has 0 N–H and O–H groups in total. The summed E-state index contributed by atoms with van der Waals surface area (Å²) < 4.78 is 5.17. The Morgan fingerprint density at radius 2 is 0.763 bits per heavy atom. The van der Waals surface area contributed by atoms with Gasteiger partial charge in [0.15, 0.2) is 0 Å². The number of fused-ring (bicyclic) bond motifs is 7. The van der Waals surface area contributed by atoms with Crippen LogP contribution in [-0.4, -0.2) is 0 Å². The number of hydrogen-bond donors (Lipinski definition) is 0. The zero-order valence-corrected chi connectivity index (χ0v) is 34.5. The monoisotopic (exact) mass is 792 g/mol. The average Bonchev–Trinajstić information content (AvgIpc) is 3.85. The molecule has 0 spiro atoms. The van der Waals surface area contributed by atoms with E-state index in [0.717, 1.165) is 34.1 Å². The molecule has 4 heteroatoms. The van der Waals surface area contributed by atoms with Crippen LogP contribution in [0.1, 0.15) is 25.0 Å². The Hall–Kier alpha value is -6.72. The minimum atomic E-state index is -0.343. The van der Waals surface area contributed by atoms with Crippen LogP contribution in [0.3, 0.4) is 0 Å². The zero-order valence-electron chi connectivity index (χ0n) is 32.8. The molecule has 11 aromatic rings. The highest BCUT2D eigenvalue weighted by molar-refractivity contribution is 7.26. The molecule has 0 aliphatic heterocycles. The fourth-order valence-electron chi connectivity index (χ4n) is 8.71. The maximum atomic E-state index is 2.44. The topological polar surface area (TPSA) is 6.48 Å². The van der Waals surface area contributed by atoms with Crippen LogP contribution in [-0.2, 0) is 5.41 Å². The molecule has 0 saturated carbocycles. The van der Waals surface area contributed by atoms with Crippen molar-refractivity contribution in [1.82, 2.24) is 0 Å². The molecule has 0 bridgehead atoms. The third-order valence-electron chi connectivity index (χ3n) is 11.9. The number of rotatable bonds is 8. The van der Waals surface area contributed by atoms with Crippen molar-refractivity contribution in [2.75, 3.05) is 9.80 Å². The predicted octanol–water partition coefficient (Wildman–Crippen LogP) is 16.8. The summed E-state index contributed by atoms with van der Waals surface area (Å²) in [6.07, 6.45) is 0. The molecule has 11 rings (SSSR count). The molecule has 282 valence electrons. The van der Waals surface area contributed by atoms with E-state index in [9.17, 15) is 0 Å². The van der Waals surface area contributed by atoms with Crippen LogP contribution >= 0.6 is 22.7 Å². The van der Waals surface area contributed by atoms with Crippen molar-refractivity contribution in [1.29, 1.82) is 0 Å². The van der Waals surface area contributed by atoms with Crippen molar-refractivity contribution in [2.24, 2.45) is 0 Å². The summed E-state index contributed by atoms with van der Waals surface area (Å²) in [5.74, 6) is 0. The van der Waals surface area contributed by atoms with Crippen LogP contribution in [0.15, 0.2) is 206 Å². The quantitative estimate of drug-likeness (QED) is 0.151. The van der Waals surface area contributed by atoms with Gasteiger partial charge in [-0.05, 0) is 101 Å². The van der Waals surface area contributed by atoms with Crippen molar-refractivity contribution in [3.05, 3.63) is 217 Å². The van der Waals surface area contributed by atoms with Gasteiger partial charge in [0.2, 0.25) is 0 Å². The van der Waals surface area contributed by atoms with Gasteiger partial charge in [-0.1, -0.05) is 141 Å². The maximum Gasteiger partial charge on any atom is 0.0485 e. The number of nitrogens with zero attached hydrogens (tertiary/aromatic N) is 2. The van der Waals surface area contributed by atoms with Gasteiger partial charge < -0.3 is 9.80 Å². The molecule has 0 aliphatic rings. The lowest BCUT2D eigenvalue weighted by molar-refractivity contribution is 0.642. The predicted molar refractivity (Wildman–Crippen MR) is 258 cm³/mol. The van der Waals surface area contributed by atoms with Crippen molar-refractivity contribution in [3.8, 4) is 0 Å². The Morgan fingerprint density at radius 1 is 0.305 bits per heavy atom. The Labute approximate surface area is 352 Å². The first-order chi connectivity index (χ1) is 29.0. The minimum Gasteiger partial charge on any atom is -0.310 e. The van der Waals surface area contributed by atoms with E-state index in [-0.39, 0.29) is 5.41 Å². The van der Waals surface area contributed by atoms with Crippen molar-refractivity contribution in [2.45, 2.75) is 19.3 Å². The molecule has 0 fully saturated rings. The van der Waals surface area contributed by atoms with Crippen LogP contribution in [0.4, 0.5) is 34.1 Å². The van der Waals surface area contributed by atoms with Crippen molar-refractivity contribution in [3.63, 3.8) is 0 Å². The zero-order chi connectivity index (χ0) is 39.5. The van der Waals surface area contributed by atoms with Gasteiger partial charge in [-0.15, -0.1) is 22.7 Å². The number of thiophene rings is 2. The number of para-hydroxylation sites is 2. The van der Waals surface area contributed by atoms with Crippen molar-refractivity contribution >= 4 is 108 Å². The second-order valence-electron chi connectivity index (χ2n) is 15.8. The number of hydrogen-bond acceptors (Lipinski definition) is 4. The van der Waals surface area contributed by atoms with Gasteiger partial charge in [0, 0.05) is 79.9 Å². The van der Waals surface area contributed by atoms with Gasteiger partial charge in [-0.2, -0.15) is 0 Å². The Balaban J connectivity index is 1.16. The third kappa shape index (κ3) is 6.24. The van der Waals surface area contributed by atoms with Crippen LogP contribution in [0.2, 0.25) is 0 Å². The lowest BCUT2D eigenvalue weighted by atomic mass is 9.77. The standard InChI is InChI=1S/C55H40N2S2/c1-55(2,39-26-25-37-15-9-10-16-38(37)31-39)40-32-45(56(41-17-5-3-6-18-41)43-27-29-49-47-21-11-13-23-51(47)58-53(49)35-43)34-46(33-40)57(42-19-7-4-8-20-42)44-28-30-50-48-22-12-14-24-52(48)59-54(50)36-44/h3-36H,1-2H3. The van der Waals surface area contributed by atoms with Crippen LogP contribution in [0.25, 0.3) is 51.1 Å². The minimum absolute atomic E-state index is 0.343. The van der Waals surface area contributed by atoms with Crippen molar-refractivity contribution < 1.29 is 0 Å². The Morgan fingerprint density at radius 3 is 1.31 bits per heavy atom. The molecule has 0 aliphatic carbocycles. The lowest BCUT2D eigenvalue weighted by Gasteiger charge is -2.33. The van der Waals surface area contributed by atoms with Gasteiger partial charge in [0.05, 0.1) is 0 Å². The summed E-state index contributed by atoms with van der Waals surface area (Å²) in [7, 11) is 0. The average molecular weight is 793 g/mol. The van der Waals surface area contributed by atoms with E-state index in [2.05, 4.69) is 230 Å². The fourth-order valence-corrected chi connectivity index (χ4v) is 11.0. The highest BCUT2D eigenvalue weighted by Gasteiger charge is 2.28. The lowest BCUT2D eigenvalue weighted by Crippen LogP contribution is -2.21. The summed E-state index contributed by atoms with van der Waals surface area (Å²) in [4.78, 5) is 4.87. The summed E-state index contributed by atoms with van der Waals surface area (Å²) in [6.45, 7) is 4.73. The Kier molecular flexibility index (Phi) is 8.58. The first-order valence-corrected chi connectivity index (χ1v) is 21.8. The van der Waals surface area contributed by atoms with Crippen LogP contribution in [0.5, 0.6) is 0 Å². The fraction of sp³-hybridized carbons (Fsp3) is 0.0545. The van der Waals surface area contributed by atoms with Gasteiger partial charge in [-0.3, -0.25) is 0 Å². The molecule has 0 radical (unpaired) electrons.